The van der Waals surface area contributed by atoms with Crippen LogP contribution in [0.15, 0.2) is 99.3 Å². The summed E-state index contributed by atoms with van der Waals surface area (Å²) in [7, 11) is -4.03. The Balaban J connectivity index is 1.84. The minimum atomic E-state index is -4.03. The van der Waals surface area contributed by atoms with E-state index in [-0.39, 0.29) is 21.7 Å². The van der Waals surface area contributed by atoms with Gasteiger partial charge in [-0.1, -0.05) is 36.4 Å². The highest BCUT2D eigenvalue weighted by molar-refractivity contribution is 7.91. The molecule has 0 saturated heterocycles. The highest BCUT2D eigenvalue weighted by Gasteiger charge is 2.28. The van der Waals surface area contributed by atoms with Crippen LogP contribution in [0.4, 0.5) is 16.0 Å². The lowest BCUT2D eigenvalue weighted by atomic mass is 10.2. The van der Waals surface area contributed by atoms with E-state index < -0.39 is 15.7 Å². The number of sulfone groups is 1. The van der Waals surface area contributed by atoms with Gasteiger partial charge in [-0.15, -0.1) is 0 Å². The van der Waals surface area contributed by atoms with Crippen molar-refractivity contribution in [2.45, 2.75) is 9.92 Å². The van der Waals surface area contributed by atoms with E-state index in [0.29, 0.717) is 11.3 Å². The number of rotatable bonds is 5. The van der Waals surface area contributed by atoms with Crippen LogP contribution in [0.2, 0.25) is 0 Å². The van der Waals surface area contributed by atoms with Crippen LogP contribution in [0, 0.1) is 5.82 Å². The maximum absolute atomic E-state index is 13.2. The molecule has 4 rings (SSSR count). The maximum atomic E-state index is 13.2. The molecule has 28 heavy (non-hydrogen) atoms. The van der Waals surface area contributed by atoms with Crippen molar-refractivity contribution >= 4 is 21.4 Å². The van der Waals surface area contributed by atoms with Gasteiger partial charge in [-0.2, -0.15) is 4.98 Å². The number of halogens is 1. The molecule has 0 amide bonds. The number of anilines is 2. The van der Waals surface area contributed by atoms with E-state index in [0.717, 1.165) is 12.1 Å². The summed E-state index contributed by atoms with van der Waals surface area (Å²) in [5.74, 6) is -0.360. The number of hydrogen-bond acceptors (Lipinski definition) is 5. The smallest absolute Gasteiger partial charge is 0.238 e. The summed E-state index contributed by atoms with van der Waals surface area (Å²) in [6.45, 7) is 0. The second-order valence-corrected chi connectivity index (χ2v) is 7.83. The predicted octanol–water partition coefficient (Wildman–Crippen LogP) is 5.06. The van der Waals surface area contributed by atoms with Gasteiger partial charge in [0.05, 0.1) is 4.90 Å². The van der Waals surface area contributed by atoms with E-state index in [1.807, 2.05) is 24.3 Å². The number of nitrogens with one attached hydrogen (secondary N) is 1. The topological polar surface area (TPSA) is 72.2 Å². The molecule has 1 N–H and O–H groups in total. The minimum Gasteiger partial charge on any atom is -0.419 e. The first kappa shape index (κ1) is 17.9. The van der Waals surface area contributed by atoms with E-state index in [9.17, 15) is 12.8 Å². The third-order valence-corrected chi connectivity index (χ3v) is 5.71. The SMILES string of the molecule is O=S(=O)(c1ccc(F)cc1)c1nc(-c2ccccc2)oc1Nc1ccccc1. The Morgan fingerprint density at radius 3 is 2.07 bits per heavy atom. The van der Waals surface area contributed by atoms with E-state index in [4.69, 9.17) is 4.42 Å². The fraction of sp³-hybridized carbons (Fsp3) is 0. The van der Waals surface area contributed by atoms with Gasteiger partial charge in [0.1, 0.15) is 5.82 Å². The van der Waals surface area contributed by atoms with Crippen molar-refractivity contribution in [3.05, 3.63) is 90.7 Å². The summed E-state index contributed by atoms with van der Waals surface area (Å²) in [5, 5.41) is 2.71. The number of hydrogen-bond donors (Lipinski definition) is 1. The molecule has 0 fully saturated rings. The molecule has 0 saturated carbocycles. The molecule has 4 aromatic rings. The van der Waals surface area contributed by atoms with E-state index in [1.54, 1.807) is 36.4 Å². The molecule has 3 aromatic carbocycles. The van der Waals surface area contributed by atoms with E-state index in [1.165, 1.54) is 12.1 Å². The van der Waals surface area contributed by atoms with Gasteiger partial charge in [0.2, 0.25) is 26.6 Å². The average Bonchev–Trinajstić information content (AvgIpc) is 3.14. The molecule has 5 nitrogen and oxygen atoms in total. The van der Waals surface area contributed by atoms with Crippen molar-refractivity contribution in [1.82, 2.24) is 4.98 Å². The van der Waals surface area contributed by atoms with Crippen LogP contribution in [0.25, 0.3) is 11.5 Å². The molecule has 1 heterocycles. The standard InChI is InChI=1S/C21H15FN2O3S/c22-16-11-13-18(14-12-16)28(25,26)21-20(23-17-9-5-2-6-10-17)27-19(24-21)15-7-3-1-4-8-15/h1-14,23H. The van der Waals surface area contributed by atoms with Crippen molar-refractivity contribution in [3.63, 3.8) is 0 Å². The van der Waals surface area contributed by atoms with Crippen molar-refractivity contribution in [2.75, 3.05) is 5.32 Å². The monoisotopic (exact) mass is 394 g/mol. The summed E-state index contributed by atoms with van der Waals surface area (Å²) in [6.07, 6.45) is 0. The molecule has 0 unspecified atom stereocenters. The zero-order valence-corrected chi connectivity index (χ0v) is 15.4. The first-order chi connectivity index (χ1) is 13.5. The number of oxazole rings is 1. The summed E-state index contributed by atoms with van der Waals surface area (Å²) in [5.41, 5.74) is 1.29. The number of benzene rings is 3. The third-order valence-electron chi connectivity index (χ3n) is 4.03. The van der Waals surface area contributed by atoms with Gasteiger partial charge in [0.15, 0.2) is 0 Å². The van der Waals surface area contributed by atoms with Crippen LogP contribution in [0.5, 0.6) is 0 Å². The molecule has 0 spiro atoms. The van der Waals surface area contributed by atoms with Crippen LogP contribution in [-0.4, -0.2) is 13.4 Å². The normalized spacial score (nSPS) is 11.3. The molecule has 0 aliphatic heterocycles. The average molecular weight is 394 g/mol. The summed E-state index contributed by atoms with van der Waals surface area (Å²) < 4.78 is 45.2. The van der Waals surface area contributed by atoms with E-state index in [2.05, 4.69) is 10.3 Å². The van der Waals surface area contributed by atoms with Crippen molar-refractivity contribution in [2.24, 2.45) is 0 Å². The molecule has 0 radical (unpaired) electrons. The molecule has 0 aliphatic carbocycles. The number of aromatic nitrogens is 1. The molecule has 0 aliphatic rings. The number of nitrogens with zero attached hydrogens (tertiary/aromatic N) is 1. The highest BCUT2D eigenvalue weighted by Crippen LogP contribution is 2.34. The van der Waals surface area contributed by atoms with Gasteiger partial charge in [0.25, 0.3) is 0 Å². The van der Waals surface area contributed by atoms with Crippen molar-refractivity contribution in [1.29, 1.82) is 0 Å². The molecule has 7 heteroatoms. The first-order valence-electron chi connectivity index (χ1n) is 8.43. The third kappa shape index (κ3) is 3.52. The van der Waals surface area contributed by atoms with Crippen molar-refractivity contribution < 1.29 is 17.2 Å². The Labute approximate surface area is 161 Å². The molecule has 1 aromatic heterocycles. The summed E-state index contributed by atoms with van der Waals surface area (Å²) >= 11 is 0. The minimum absolute atomic E-state index is 0.00521. The second kappa shape index (κ2) is 7.28. The predicted molar refractivity (Wildman–Crippen MR) is 104 cm³/mol. The highest BCUT2D eigenvalue weighted by atomic mass is 32.2. The van der Waals surface area contributed by atoms with Crippen LogP contribution in [-0.2, 0) is 9.84 Å². The van der Waals surface area contributed by atoms with Crippen LogP contribution < -0.4 is 5.32 Å². The fourth-order valence-corrected chi connectivity index (χ4v) is 3.91. The molecular formula is C21H15FN2O3S. The molecule has 0 atom stereocenters. The van der Waals surface area contributed by atoms with Crippen LogP contribution in [0.3, 0.4) is 0 Å². The van der Waals surface area contributed by atoms with Gasteiger partial charge in [-0.3, -0.25) is 0 Å². The Hall–Kier alpha value is -3.45. The van der Waals surface area contributed by atoms with Gasteiger partial charge in [0, 0.05) is 11.3 Å². The van der Waals surface area contributed by atoms with Crippen LogP contribution >= 0.6 is 0 Å². The lowest BCUT2D eigenvalue weighted by molar-refractivity contribution is 0.581. The Morgan fingerprint density at radius 1 is 0.821 bits per heavy atom. The Morgan fingerprint density at radius 2 is 1.43 bits per heavy atom. The van der Waals surface area contributed by atoms with Crippen molar-refractivity contribution in [3.8, 4) is 11.5 Å². The lowest BCUT2D eigenvalue weighted by Gasteiger charge is -2.06. The lowest BCUT2D eigenvalue weighted by Crippen LogP contribution is -2.05. The Kier molecular flexibility index (Phi) is 4.67. The fourth-order valence-electron chi connectivity index (χ4n) is 2.65. The largest absolute Gasteiger partial charge is 0.419 e. The molecule has 140 valence electrons. The first-order valence-corrected chi connectivity index (χ1v) is 9.91. The zero-order chi connectivity index (χ0) is 19.6. The second-order valence-electron chi connectivity index (χ2n) is 5.97. The van der Waals surface area contributed by atoms with Gasteiger partial charge in [-0.25, -0.2) is 12.8 Å². The number of para-hydroxylation sites is 1. The quantitative estimate of drug-likeness (QED) is 0.479. The zero-order valence-electron chi connectivity index (χ0n) is 14.5. The maximum Gasteiger partial charge on any atom is 0.238 e. The van der Waals surface area contributed by atoms with E-state index >= 15 is 0 Å². The van der Waals surface area contributed by atoms with Gasteiger partial charge >= 0.3 is 0 Å². The summed E-state index contributed by atoms with van der Waals surface area (Å²) in [6, 6.07) is 22.6. The van der Waals surface area contributed by atoms with Crippen LogP contribution in [0.1, 0.15) is 0 Å². The van der Waals surface area contributed by atoms with Gasteiger partial charge < -0.3 is 9.73 Å². The molecule has 0 bridgehead atoms. The van der Waals surface area contributed by atoms with Gasteiger partial charge in [-0.05, 0) is 48.5 Å². The Bertz CT molecular complexity index is 1190. The summed E-state index contributed by atoms with van der Waals surface area (Å²) in [4.78, 5) is 4.16. The molecular weight excluding hydrogens is 379 g/mol.